The first-order chi connectivity index (χ1) is 6.20. The molecular formula is C9H14FNO2. The largest absolute Gasteiger partial charge is 0.478 e. The highest BCUT2D eigenvalue weighted by Crippen LogP contribution is 2.17. The Morgan fingerprint density at radius 2 is 2.38 bits per heavy atom. The SMILES string of the molecule is O=C(O)C=CCN1CCCCC1F. The smallest absolute Gasteiger partial charge is 0.328 e. The van der Waals surface area contributed by atoms with Crippen molar-refractivity contribution < 1.29 is 14.3 Å². The molecule has 1 unspecified atom stereocenters. The summed E-state index contributed by atoms with van der Waals surface area (Å²) in [5.74, 6) is -0.979. The van der Waals surface area contributed by atoms with Gasteiger partial charge in [-0.15, -0.1) is 0 Å². The van der Waals surface area contributed by atoms with E-state index in [2.05, 4.69) is 0 Å². The predicted octanol–water partition coefficient (Wildman–Crippen LogP) is 1.41. The summed E-state index contributed by atoms with van der Waals surface area (Å²) in [7, 11) is 0. The number of likely N-dealkylation sites (tertiary alicyclic amines) is 1. The van der Waals surface area contributed by atoms with E-state index >= 15 is 0 Å². The van der Waals surface area contributed by atoms with Crippen molar-refractivity contribution in [3.8, 4) is 0 Å². The summed E-state index contributed by atoms with van der Waals surface area (Å²) >= 11 is 0. The number of hydrogen-bond donors (Lipinski definition) is 1. The molecule has 13 heavy (non-hydrogen) atoms. The first-order valence-electron chi connectivity index (χ1n) is 4.48. The molecule has 1 aliphatic rings. The lowest BCUT2D eigenvalue weighted by Gasteiger charge is -2.28. The molecule has 0 spiro atoms. The summed E-state index contributed by atoms with van der Waals surface area (Å²) in [4.78, 5) is 11.8. The summed E-state index contributed by atoms with van der Waals surface area (Å²) in [6, 6.07) is 0. The molecule has 0 aromatic rings. The highest BCUT2D eigenvalue weighted by atomic mass is 19.1. The van der Waals surface area contributed by atoms with Crippen LogP contribution in [0.2, 0.25) is 0 Å². The van der Waals surface area contributed by atoms with Crippen LogP contribution in [0.3, 0.4) is 0 Å². The van der Waals surface area contributed by atoms with Crippen LogP contribution in [0.15, 0.2) is 12.2 Å². The molecule has 1 N–H and O–H groups in total. The van der Waals surface area contributed by atoms with Crippen molar-refractivity contribution in [2.24, 2.45) is 0 Å². The Hall–Kier alpha value is -0.900. The molecule has 1 atom stereocenters. The second kappa shape index (κ2) is 4.97. The number of carboxylic acids is 1. The van der Waals surface area contributed by atoms with Crippen LogP contribution >= 0.6 is 0 Å². The molecule has 3 nitrogen and oxygen atoms in total. The van der Waals surface area contributed by atoms with Gasteiger partial charge in [-0.1, -0.05) is 6.08 Å². The Labute approximate surface area is 76.8 Å². The van der Waals surface area contributed by atoms with Gasteiger partial charge in [0.05, 0.1) is 0 Å². The van der Waals surface area contributed by atoms with Crippen molar-refractivity contribution in [2.75, 3.05) is 13.1 Å². The molecule has 0 radical (unpaired) electrons. The summed E-state index contributed by atoms with van der Waals surface area (Å²) in [5, 5.41) is 8.31. The number of piperidine rings is 1. The number of carbonyl (C=O) groups is 1. The van der Waals surface area contributed by atoms with Crippen LogP contribution < -0.4 is 0 Å². The molecule has 4 heteroatoms. The molecule has 74 valence electrons. The van der Waals surface area contributed by atoms with Gasteiger partial charge in [0, 0.05) is 19.2 Å². The molecule has 1 heterocycles. The normalized spacial score (nSPS) is 25.2. The first kappa shape index (κ1) is 10.2. The van der Waals surface area contributed by atoms with Crippen LogP contribution in [-0.4, -0.2) is 35.4 Å². The van der Waals surface area contributed by atoms with E-state index in [1.54, 1.807) is 4.90 Å². The number of alkyl halides is 1. The first-order valence-corrected chi connectivity index (χ1v) is 4.48. The number of nitrogens with zero attached hydrogens (tertiary/aromatic N) is 1. The Bertz CT molecular complexity index is 206. The monoisotopic (exact) mass is 187 g/mol. The molecule has 1 saturated heterocycles. The topological polar surface area (TPSA) is 40.5 Å². The van der Waals surface area contributed by atoms with Crippen molar-refractivity contribution in [3.63, 3.8) is 0 Å². The molecule has 0 aliphatic carbocycles. The van der Waals surface area contributed by atoms with E-state index in [1.165, 1.54) is 6.08 Å². The molecule has 0 saturated carbocycles. The maximum atomic E-state index is 13.1. The summed E-state index contributed by atoms with van der Waals surface area (Å²) < 4.78 is 13.1. The molecule has 1 rings (SSSR count). The van der Waals surface area contributed by atoms with E-state index in [0.29, 0.717) is 13.0 Å². The molecule has 0 bridgehead atoms. The molecule has 0 amide bonds. The molecule has 1 fully saturated rings. The van der Waals surface area contributed by atoms with Gasteiger partial charge >= 0.3 is 5.97 Å². The van der Waals surface area contributed by atoms with Crippen LogP contribution in [0.1, 0.15) is 19.3 Å². The lowest BCUT2D eigenvalue weighted by Crippen LogP contribution is -2.36. The van der Waals surface area contributed by atoms with E-state index in [9.17, 15) is 9.18 Å². The average molecular weight is 187 g/mol. The van der Waals surface area contributed by atoms with Crippen molar-refractivity contribution in [1.82, 2.24) is 4.90 Å². The fourth-order valence-electron chi connectivity index (χ4n) is 1.44. The van der Waals surface area contributed by atoms with Gasteiger partial charge in [0.25, 0.3) is 0 Å². The number of hydrogen-bond acceptors (Lipinski definition) is 2. The van der Waals surface area contributed by atoms with E-state index in [1.807, 2.05) is 0 Å². The summed E-state index contributed by atoms with van der Waals surface area (Å²) in [5.41, 5.74) is 0. The van der Waals surface area contributed by atoms with E-state index in [4.69, 9.17) is 5.11 Å². The van der Waals surface area contributed by atoms with E-state index in [0.717, 1.165) is 25.5 Å². The van der Waals surface area contributed by atoms with E-state index in [-0.39, 0.29) is 0 Å². The maximum Gasteiger partial charge on any atom is 0.328 e. The minimum absolute atomic E-state index is 0.396. The maximum absolute atomic E-state index is 13.1. The van der Waals surface area contributed by atoms with Crippen molar-refractivity contribution in [1.29, 1.82) is 0 Å². The summed E-state index contributed by atoms with van der Waals surface area (Å²) in [6.07, 6.45) is 4.15. The third-order valence-electron chi connectivity index (χ3n) is 2.13. The molecule has 0 aromatic heterocycles. The molecule has 0 aromatic carbocycles. The van der Waals surface area contributed by atoms with Gasteiger partial charge in [-0.05, 0) is 19.3 Å². The van der Waals surface area contributed by atoms with Gasteiger partial charge in [-0.25, -0.2) is 9.18 Å². The summed E-state index contributed by atoms with van der Waals surface area (Å²) in [6.45, 7) is 1.12. The Morgan fingerprint density at radius 3 is 3.00 bits per heavy atom. The standard InChI is InChI=1S/C9H14FNO2/c10-8-4-1-2-6-11(8)7-3-5-9(12)13/h3,5,8H,1-2,4,6-7H2,(H,12,13). The van der Waals surface area contributed by atoms with Crippen LogP contribution in [0.5, 0.6) is 0 Å². The third-order valence-corrected chi connectivity index (χ3v) is 2.13. The highest BCUT2D eigenvalue weighted by Gasteiger charge is 2.19. The van der Waals surface area contributed by atoms with Gasteiger partial charge in [0.1, 0.15) is 0 Å². The number of carboxylic acid groups (broad SMARTS) is 1. The lowest BCUT2D eigenvalue weighted by molar-refractivity contribution is -0.131. The minimum atomic E-state index is -0.979. The predicted molar refractivity (Wildman–Crippen MR) is 47.1 cm³/mol. The van der Waals surface area contributed by atoms with Crippen molar-refractivity contribution in [3.05, 3.63) is 12.2 Å². The number of halogens is 1. The van der Waals surface area contributed by atoms with Crippen LogP contribution in [0, 0.1) is 0 Å². The number of rotatable bonds is 3. The minimum Gasteiger partial charge on any atom is -0.478 e. The lowest BCUT2D eigenvalue weighted by atomic mass is 10.1. The zero-order chi connectivity index (χ0) is 9.68. The van der Waals surface area contributed by atoms with Gasteiger partial charge < -0.3 is 5.11 Å². The Balaban J connectivity index is 2.30. The number of aliphatic carboxylic acids is 1. The van der Waals surface area contributed by atoms with Crippen molar-refractivity contribution >= 4 is 5.97 Å². The van der Waals surface area contributed by atoms with Gasteiger partial charge in [0.15, 0.2) is 6.30 Å². The van der Waals surface area contributed by atoms with Crippen molar-refractivity contribution in [2.45, 2.75) is 25.6 Å². The molecular weight excluding hydrogens is 173 g/mol. The van der Waals surface area contributed by atoms with Crippen LogP contribution in [-0.2, 0) is 4.79 Å². The second-order valence-corrected chi connectivity index (χ2v) is 3.17. The second-order valence-electron chi connectivity index (χ2n) is 3.17. The zero-order valence-corrected chi connectivity index (χ0v) is 7.45. The Kier molecular flexibility index (Phi) is 3.89. The highest BCUT2D eigenvalue weighted by molar-refractivity contribution is 5.79. The quantitative estimate of drug-likeness (QED) is 0.536. The average Bonchev–Trinajstić information content (AvgIpc) is 2.08. The van der Waals surface area contributed by atoms with E-state index < -0.39 is 12.3 Å². The van der Waals surface area contributed by atoms with Gasteiger partial charge in [-0.3, -0.25) is 4.90 Å². The fraction of sp³-hybridized carbons (Fsp3) is 0.667. The van der Waals surface area contributed by atoms with Gasteiger partial charge in [0.2, 0.25) is 0 Å². The Morgan fingerprint density at radius 1 is 1.62 bits per heavy atom. The van der Waals surface area contributed by atoms with Crippen LogP contribution in [0.25, 0.3) is 0 Å². The zero-order valence-electron chi connectivity index (χ0n) is 7.45. The van der Waals surface area contributed by atoms with Crippen LogP contribution in [0.4, 0.5) is 4.39 Å². The van der Waals surface area contributed by atoms with Gasteiger partial charge in [-0.2, -0.15) is 0 Å². The fourth-order valence-corrected chi connectivity index (χ4v) is 1.44. The third kappa shape index (κ3) is 3.55. The molecule has 1 aliphatic heterocycles.